The summed E-state index contributed by atoms with van der Waals surface area (Å²) in [6.45, 7) is 6.29. The van der Waals surface area contributed by atoms with Crippen LogP contribution in [0, 0.1) is 0 Å². The molecule has 23 heavy (non-hydrogen) atoms. The molecular weight excluding hydrogens is 314 g/mol. The van der Waals surface area contributed by atoms with E-state index >= 15 is 0 Å². The van der Waals surface area contributed by atoms with Gasteiger partial charge in [0, 0.05) is 11.3 Å². The van der Waals surface area contributed by atoms with Gasteiger partial charge in [-0.1, -0.05) is 32.9 Å². The molecule has 5 nitrogen and oxygen atoms in total. The summed E-state index contributed by atoms with van der Waals surface area (Å²) in [6.07, 6.45) is 0. The molecule has 0 aliphatic rings. The SMILES string of the molecule is CC(C)(C)c1ccc(C(=O)Nc2ccc(S(=O)(=O)O)cc2)cc1. The second-order valence-corrected chi connectivity index (χ2v) is 7.70. The van der Waals surface area contributed by atoms with Crippen molar-refractivity contribution in [3.8, 4) is 0 Å². The fourth-order valence-corrected chi connectivity index (χ4v) is 2.52. The van der Waals surface area contributed by atoms with Crippen molar-refractivity contribution in [1.82, 2.24) is 0 Å². The van der Waals surface area contributed by atoms with Crippen LogP contribution in [-0.4, -0.2) is 18.9 Å². The molecular formula is C17H19NO4S. The third kappa shape index (κ3) is 4.40. The monoisotopic (exact) mass is 333 g/mol. The van der Waals surface area contributed by atoms with E-state index in [0.717, 1.165) is 5.56 Å². The van der Waals surface area contributed by atoms with Crippen molar-refractivity contribution in [2.24, 2.45) is 0 Å². The van der Waals surface area contributed by atoms with Gasteiger partial charge in [0.2, 0.25) is 0 Å². The van der Waals surface area contributed by atoms with Crippen LogP contribution in [0.3, 0.4) is 0 Å². The van der Waals surface area contributed by atoms with Gasteiger partial charge >= 0.3 is 0 Å². The second kappa shape index (κ2) is 6.14. The molecule has 0 saturated heterocycles. The zero-order chi connectivity index (χ0) is 17.3. The maximum absolute atomic E-state index is 12.2. The number of amides is 1. The summed E-state index contributed by atoms with van der Waals surface area (Å²) in [5.41, 5.74) is 2.10. The van der Waals surface area contributed by atoms with E-state index in [1.165, 1.54) is 24.3 Å². The Morgan fingerprint density at radius 3 is 1.91 bits per heavy atom. The minimum atomic E-state index is -4.23. The zero-order valence-electron chi connectivity index (χ0n) is 13.2. The lowest BCUT2D eigenvalue weighted by atomic mass is 9.87. The molecule has 0 bridgehead atoms. The van der Waals surface area contributed by atoms with E-state index in [4.69, 9.17) is 4.55 Å². The maximum atomic E-state index is 12.2. The topological polar surface area (TPSA) is 83.5 Å². The number of carbonyl (C=O) groups excluding carboxylic acids is 1. The quantitative estimate of drug-likeness (QED) is 0.842. The summed E-state index contributed by atoms with van der Waals surface area (Å²) in [4.78, 5) is 12.0. The summed E-state index contributed by atoms with van der Waals surface area (Å²) in [7, 11) is -4.23. The van der Waals surface area contributed by atoms with Gasteiger partial charge in [-0.25, -0.2) is 0 Å². The molecule has 0 aliphatic heterocycles. The van der Waals surface area contributed by atoms with Crippen LogP contribution in [0.1, 0.15) is 36.7 Å². The first-order valence-corrected chi connectivity index (χ1v) is 8.51. The van der Waals surface area contributed by atoms with Crippen LogP contribution in [0.5, 0.6) is 0 Å². The van der Waals surface area contributed by atoms with Crippen LogP contribution >= 0.6 is 0 Å². The average molecular weight is 333 g/mol. The van der Waals surface area contributed by atoms with E-state index in [1.807, 2.05) is 12.1 Å². The molecule has 0 aliphatic carbocycles. The van der Waals surface area contributed by atoms with Crippen LogP contribution in [0.15, 0.2) is 53.4 Å². The van der Waals surface area contributed by atoms with E-state index in [-0.39, 0.29) is 16.2 Å². The van der Waals surface area contributed by atoms with E-state index in [1.54, 1.807) is 12.1 Å². The number of rotatable bonds is 3. The highest BCUT2D eigenvalue weighted by Gasteiger charge is 2.14. The largest absolute Gasteiger partial charge is 0.322 e. The lowest BCUT2D eigenvalue weighted by Crippen LogP contribution is -2.14. The van der Waals surface area contributed by atoms with Crippen LogP contribution < -0.4 is 5.32 Å². The summed E-state index contributed by atoms with van der Waals surface area (Å²) in [5.74, 6) is -0.287. The summed E-state index contributed by atoms with van der Waals surface area (Å²) >= 11 is 0. The molecule has 122 valence electrons. The van der Waals surface area contributed by atoms with Crippen molar-refractivity contribution in [2.75, 3.05) is 5.32 Å². The third-order valence-corrected chi connectivity index (χ3v) is 4.29. The van der Waals surface area contributed by atoms with Gasteiger partial charge in [0.05, 0.1) is 4.90 Å². The Balaban J connectivity index is 2.13. The first kappa shape index (κ1) is 17.2. The second-order valence-electron chi connectivity index (χ2n) is 6.28. The number of benzene rings is 2. The molecule has 0 saturated carbocycles. The number of anilines is 1. The highest BCUT2D eigenvalue weighted by atomic mass is 32.2. The van der Waals surface area contributed by atoms with E-state index in [0.29, 0.717) is 11.3 Å². The fourth-order valence-electron chi connectivity index (χ4n) is 2.04. The van der Waals surface area contributed by atoms with E-state index in [2.05, 4.69) is 26.1 Å². The first-order chi connectivity index (χ1) is 10.6. The third-order valence-electron chi connectivity index (χ3n) is 3.42. The van der Waals surface area contributed by atoms with Crippen molar-refractivity contribution in [3.05, 3.63) is 59.7 Å². The summed E-state index contributed by atoms with van der Waals surface area (Å²) in [5, 5.41) is 2.68. The van der Waals surface area contributed by atoms with Crippen LogP contribution in [0.2, 0.25) is 0 Å². The van der Waals surface area contributed by atoms with Crippen molar-refractivity contribution >= 4 is 21.7 Å². The molecule has 2 aromatic carbocycles. The molecule has 0 fully saturated rings. The molecule has 0 spiro atoms. The Kier molecular flexibility index (Phi) is 4.58. The molecule has 2 N–H and O–H groups in total. The lowest BCUT2D eigenvalue weighted by Gasteiger charge is -2.19. The first-order valence-electron chi connectivity index (χ1n) is 7.07. The van der Waals surface area contributed by atoms with Gasteiger partial charge in [0.1, 0.15) is 0 Å². The van der Waals surface area contributed by atoms with Gasteiger partial charge in [0.25, 0.3) is 16.0 Å². The van der Waals surface area contributed by atoms with Crippen molar-refractivity contribution < 1.29 is 17.8 Å². The van der Waals surface area contributed by atoms with Crippen LogP contribution in [0.25, 0.3) is 0 Å². The van der Waals surface area contributed by atoms with Gasteiger partial charge < -0.3 is 5.32 Å². The van der Waals surface area contributed by atoms with E-state index < -0.39 is 10.1 Å². The summed E-state index contributed by atoms with van der Waals surface area (Å²) in [6, 6.07) is 12.6. The zero-order valence-corrected chi connectivity index (χ0v) is 14.0. The Hall–Kier alpha value is -2.18. The smallest absolute Gasteiger partial charge is 0.294 e. The normalized spacial score (nSPS) is 12.0. The number of hydrogen-bond donors (Lipinski definition) is 2. The predicted octanol–water partition coefficient (Wildman–Crippen LogP) is 3.48. The number of nitrogens with one attached hydrogen (secondary N) is 1. The van der Waals surface area contributed by atoms with Gasteiger partial charge in [0.15, 0.2) is 0 Å². The van der Waals surface area contributed by atoms with Gasteiger partial charge in [-0.05, 0) is 47.4 Å². The summed E-state index contributed by atoms with van der Waals surface area (Å²) < 4.78 is 30.9. The fraction of sp³-hybridized carbons (Fsp3) is 0.235. The predicted molar refractivity (Wildman–Crippen MR) is 89.4 cm³/mol. The average Bonchev–Trinajstić information content (AvgIpc) is 2.46. The minimum Gasteiger partial charge on any atom is -0.322 e. The molecule has 0 radical (unpaired) electrons. The number of carbonyl (C=O) groups is 1. The Labute approximate surface area is 136 Å². The standard InChI is InChI=1S/C17H19NO4S/c1-17(2,3)13-6-4-12(5-7-13)16(19)18-14-8-10-15(11-9-14)23(20,21)22/h4-11H,1-3H3,(H,18,19)(H,20,21,22). The molecule has 0 unspecified atom stereocenters. The molecule has 0 heterocycles. The molecule has 2 rings (SSSR count). The Morgan fingerprint density at radius 1 is 0.957 bits per heavy atom. The molecule has 6 heteroatoms. The van der Waals surface area contributed by atoms with Crippen molar-refractivity contribution in [3.63, 3.8) is 0 Å². The lowest BCUT2D eigenvalue weighted by molar-refractivity contribution is 0.102. The van der Waals surface area contributed by atoms with Crippen LogP contribution in [0.4, 0.5) is 5.69 Å². The molecule has 1 amide bonds. The number of hydrogen-bond acceptors (Lipinski definition) is 3. The van der Waals surface area contributed by atoms with Crippen molar-refractivity contribution in [2.45, 2.75) is 31.1 Å². The van der Waals surface area contributed by atoms with E-state index in [9.17, 15) is 13.2 Å². The van der Waals surface area contributed by atoms with Gasteiger partial charge in [-0.3, -0.25) is 9.35 Å². The van der Waals surface area contributed by atoms with Gasteiger partial charge in [-0.2, -0.15) is 8.42 Å². The minimum absolute atomic E-state index is 0.0145. The van der Waals surface area contributed by atoms with Gasteiger partial charge in [-0.15, -0.1) is 0 Å². The maximum Gasteiger partial charge on any atom is 0.294 e. The highest BCUT2D eigenvalue weighted by molar-refractivity contribution is 7.85. The Bertz CT molecular complexity index is 801. The van der Waals surface area contributed by atoms with Crippen LogP contribution in [-0.2, 0) is 15.5 Å². The molecule has 0 atom stereocenters. The van der Waals surface area contributed by atoms with Crippen molar-refractivity contribution in [1.29, 1.82) is 0 Å². The Morgan fingerprint density at radius 2 is 1.48 bits per heavy atom. The molecule has 0 aromatic heterocycles. The molecule has 2 aromatic rings. The highest BCUT2D eigenvalue weighted by Crippen LogP contribution is 2.22.